The van der Waals surface area contributed by atoms with Crippen LogP contribution in [0.1, 0.15) is 32.7 Å². The number of para-hydroxylation sites is 2. The predicted molar refractivity (Wildman–Crippen MR) is 165 cm³/mol. The minimum Gasteiger partial charge on any atom is -0.480 e. The molecule has 0 saturated heterocycles. The van der Waals surface area contributed by atoms with E-state index >= 15 is 0 Å². The Kier molecular flexibility index (Phi) is 9.34. The summed E-state index contributed by atoms with van der Waals surface area (Å²) in [7, 11) is 2.68. The summed E-state index contributed by atoms with van der Waals surface area (Å²) >= 11 is 0. The van der Waals surface area contributed by atoms with E-state index in [1.54, 1.807) is 48.5 Å². The van der Waals surface area contributed by atoms with Gasteiger partial charge in [-0.25, -0.2) is 14.4 Å². The second-order valence-corrected chi connectivity index (χ2v) is 9.66. The molecule has 1 N–H and O–H groups in total. The standard InChI is InChI=1S/C18H16N2O4.C15H12N4O2/c1-24-18(23)13-9-7-12(8-10-13)15-11-16(17(21)22)20(19-15)14-5-3-2-4-6-14;1-21-15(20)12-9-7-11(8-10-12)14-16-18-19(17-14)13-5-3-2-4-6-13/h2-10,16H,11H2,1H3,(H,21,22);2-10H,1H3. The number of carbonyl (C=O) groups is 3. The highest BCUT2D eigenvalue weighted by atomic mass is 16.5. The van der Waals surface area contributed by atoms with Gasteiger partial charge in [0, 0.05) is 12.0 Å². The molecular weight excluding hydrogens is 576 g/mol. The molecule has 1 atom stereocenters. The van der Waals surface area contributed by atoms with Crippen molar-refractivity contribution in [3.05, 3.63) is 126 Å². The van der Waals surface area contributed by atoms with Crippen LogP contribution in [-0.2, 0) is 14.3 Å². The van der Waals surface area contributed by atoms with E-state index < -0.39 is 18.0 Å². The number of methoxy groups -OCH3 is 2. The Balaban J connectivity index is 0.000000179. The van der Waals surface area contributed by atoms with Gasteiger partial charge in [-0.05, 0) is 59.3 Å². The van der Waals surface area contributed by atoms with Gasteiger partial charge >= 0.3 is 17.9 Å². The zero-order valence-electron chi connectivity index (χ0n) is 24.3. The highest BCUT2D eigenvalue weighted by molar-refractivity contribution is 6.06. The minimum absolute atomic E-state index is 0.293. The van der Waals surface area contributed by atoms with Crippen LogP contribution in [0.5, 0.6) is 0 Å². The number of hydrogen-bond acceptors (Lipinski definition) is 10. The molecule has 1 unspecified atom stereocenters. The number of benzene rings is 4. The fraction of sp³-hybridized carbons (Fsp3) is 0.121. The van der Waals surface area contributed by atoms with Crippen LogP contribution in [0, 0.1) is 0 Å². The molecule has 0 fully saturated rings. The van der Waals surface area contributed by atoms with Crippen LogP contribution in [0.25, 0.3) is 17.1 Å². The van der Waals surface area contributed by atoms with E-state index in [0.29, 0.717) is 29.1 Å². The van der Waals surface area contributed by atoms with Crippen molar-refractivity contribution in [3.8, 4) is 17.1 Å². The Hall–Kier alpha value is -6.17. The van der Waals surface area contributed by atoms with E-state index in [2.05, 4.69) is 30.0 Å². The fourth-order valence-corrected chi connectivity index (χ4v) is 4.49. The molecule has 12 nitrogen and oxygen atoms in total. The highest BCUT2D eigenvalue weighted by Crippen LogP contribution is 2.27. The Morgan fingerprint density at radius 1 is 0.711 bits per heavy atom. The number of aromatic nitrogens is 4. The zero-order valence-corrected chi connectivity index (χ0v) is 24.3. The van der Waals surface area contributed by atoms with Gasteiger partial charge in [0.05, 0.1) is 42.4 Å². The molecule has 5 aromatic rings. The second-order valence-electron chi connectivity index (χ2n) is 9.66. The van der Waals surface area contributed by atoms with Crippen molar-refractivity contribution in [3.63, 3.8) is 0 Å². The maximum atomic E-state index is 11.6. The minimum atomic E-state index is -0.927. The molecule has 2 heterocycles. The summed E-state index contributed by atoms with van der Waals surface area (Å²) < 4.78 is 9.33. The van der Waals surface area contributed by atoms with Crippen molar-refractivity contribution in [2.75, 3.05) is 19.2 Å². The topological polar surface area (TPSA) is 149 Å². The maximum Gasteiger partial charge on any atom is 0.337 e. The summed E-state index contributed by atoms with van der Waals surface area (Å²) in [5.41, 5.74) is 4.72. The summed E-state index contributed by atoms with van der Waals surface area (Å²) in [6.07, 6.45) is 0.293. The molecule has 1 aromatic heterocycles. The maximum absolute atomic E-state index is 11.6. The highest BCUT2D eigenvalue weighted by Gasteiger charge is 2.34. The quantitative estimate of drug-likeness (QED) is 0.260. The SMILES string of the molecule is COC(=O)c1ccc(-c2nnn(-c3ccccc3)n2)cc1.COC(=O)c1ccc(C2=NN(c3ccccc3)C(C(=O)O)C2)cc1. The Morgan fingerprint density at radius 2 is 1.22 bits per heavy atom. The fourth-order valence-electron chi connectivity index (χ4n) is 4.49. The van der Waals surface area contributed by atoms with Gasteiger partial charge in [-0.3, -0.25) is 5.01 Å². The van der Waals surface area contributed by atoms with Gasteiger partial charge in [-0.2, -0.15) is 5.10 Å². The molecule has 0 saturated carbocycles. The monoisotopic (exact) mass is 604 g/mol. The van der Waals surface area contributed by atoms with Crippen molar-refractivity contribution < 1.29 is 29.0 Å². The van der Waals surface area contributed by atoms with Crippen molar-refractivity contribution >= 4 is 29.3 Å². The number of anilines is 1. The van der Waals surface area contributed by atoms with Crippen molar-refractivity contribution in [2.24, 2.45) is 5.10 Å². The third-order valence-electron chi connectivity index (χ3n) is 6.82. The van der Waals surface area contributed by atoms with Crippen LogP contribution in [0.2, 0.25) is 0 Å². The van der Waals surface area contributed by atoms with Crippen molar-refractivity contribution in [2.45, 2.75) is 12.5 Å². The van der Waals surface area contributed by atoms with Crippen LogP contribution in [-0.4, -0.2) is 69.2 Å². The first-order chi connectivity index (χ1) is 21.9. The summed E-state index contributed by atoms with van der Waals surface area (Å²) in [6, 6.07) is 31.6. The van der Waals surface area contributed by atoms with E-state index in [9.17, 15) is 19.5 Å². The Bertz CT molecular complexity index is 1810. The largest absolute Gasteiger partial charge is 0.480 e. The number of carbonyl (C=O) groups excluding carboxylic acids is 2. The van der Waals surface area contributed by atoms with Gasteiger partial charge in [0.2, 0.25) is 5.82 Å². The first-order valence-electron chi connectivity index (χ1n) is 13.8. The summed E-state index contributed by atoms with van der Waals surface area (Å²) in [6.45, 7) is 0. The van der Waals surface area contributed by atoms with Gasteiger partial charge < -0.3 is 14.6 Å². The number of esters is 2. The van der Waals surface area contributed by atoms with Crippen LogP contribution < -0.4 is 5.01 Å². The van der Waals surface area contributed by atoms with Crippen LogP contribution in [0.3, 0.4) is 0 Å². The number of aliphatic carboxylic acids is 1. The first kappa shape index (κ1) is 30.3. The first-order valence-corrected chi connectivity index (χ1v) is 13.8. The zero-order chi connectivity index (χ0) is 31.8. The van der Waals surface area contributed by atoms with Gasteiger partial charge in [-0.1, -0.05) is 60.7 Å². The van der Waals surface area contributed by atoms with Crippen LogP contribution >= 0.6 is 0 Å². The predicted octanol–water partition coefficient (Wildman–Crippen LogP) is 4.66. The number of carboxylic acid groups (broad SMARTS) is 1. The third kappa shape index (κ3) is 7.08. The normalized spacial score (nSPS) is 13.7. The lowest BCUT2D eigenvalue weighted by atomic mass is 10.0. The van der Waals surface area contributed by atoms with E-state index in [0.717, 1.165) is 22.5 Å². The lowest BCUT2D eigenvalue weighted by Crippen LogP contribution is -2.34. The molecule has 1 aliphatic heterocycles. The average molecular weight is 605 g/mol. The number of tetrazole rings is 1. The molecule has 45 heavy (non-hydrogen) atoms. The van der Waals surface area contributed by atoms with Crippen molar-refractivity contribution in [1.29, 1.82) is 0 Å². The molecular formula is C33H28N6O6. The van der Waals surface area contributed by atoms with E-state index in [4.69, 9.17) is 0 Å². The van der Waals surface area contributed by atoms with Gasteiger partial charge in [0.15, 0.2) is 6.04 Å². The number of rotatable bonds is 7. The summed E-state index contributed by atoms with van der Waals surface area (Å²) in [5, 5.41) is 27.8. The van der Waals surface area contributed by atoms with Crippen molar-refractivity contribution in [1.82, 2.24) is 20.2 Å². The Labute approximate surface area is 258 Å². The van der Waals surface area contributed by atoms with E-state index in [-0.39, 0.29) is 5.97 Å². The Morgan fingerprint density at radius 3 is 1.73 bits per heavy atom. The van der Waals surface area contributed by atoms with E-state index in [1.807, 2.05) is 60.7 Å². The third-order valence-corrected chi connectivity index (χ3v) is 6.82. The number of ether oxygens (including phenoxy) is 2. The number of hydrogen-bond donors (Lipinski definition) is 1. The van der Waals surface area contributed by atoms with Crippen LogP contribution in [0.4, 0.5) is 5.69 Å². The molecule has 4 aromatic carbocycles. The summed E-state index contributed by atoms with van der Waals surface area (Å²) in [5.74, 6) is -1.22. The molecule has 0 aliphatic carbocycles. The average Bonchev–Trinajstić information content (AvgIpc) is 3.78. The molecule has 0 amide bonds. The lowest BCUT2D eigenvalue weighted by Gasteiger charge is -2.19. The molecule has 226 valence electrons. The molecule has 1 aliphatic rings. The van der Waals surface area contributed by atoms with Crippen LogP contribution in [0.15, 0.2) is 114 Å². The smallest absolute Gasteiger partial charge is 0.337 e. The van der Waals surface area contributed by atoms with Gasteiger partial charge in [0.1, 0.15) is 0 Å². The molecule has 0 radical (unpaired) electrons. The molecule has 12 heteroatoms. The number of nitrogens with zero attached hydrogens (tertiary/aromatic N) is 6. The lowest BCUT2D eigenvalue weighted by molar-refractivity contribution is -0.138. The summed E-state index contributed by atoms with van der Waals surface area (Å²) in [4.78, 5) is 35.9. The molecule has 0 bridgehead atoms. The molecule has 6 rings (SSSR count). The molecule has 0 spiro atoms. The number of carboxylic acids is 1. The van der Waals surface area contributed by atoms with Gasteiger partial charge in [-0.15, -0.1) is 15.0 Å². The van der Waals surface area contributed by atoms with E-state index in [1.165, 1.54) is 24.0 Å². The number of hydrazone groups is 1. The second kappa shape index (κ2) is 13.9. The van der Waals surface area contributed by atoms with Gasteiger partial charge in [0.25, 0.3) is 0 Å².